The molecule has 4 aromatic rings. The van der Waals surface area contributed by atoms with Gasteiger partial charge in [-0.05, 0) is 29.8 Å². The van der Waals surface area contributed by atoms with Gasteiger partial charge >= 0.3 is 0 Å². The number of anilines is 1. The molecule has 0 bridgehead atoms. The Morgan fingerprint density at radius 3 is 2.42 bits per heavy atom. The van der Waals surface area contributed by atoms with Crippen molar-refractivity contribution in [2.75, 3.05) is 12.4 Å². The van der Waals surface area contributed by atoms with E-state index >= 15 is 0 Å². The van der Waals surface area contributed by atoms with Gasteiger partial charge in [0.15, 0.2) is 5.65 Å². The number of nitrogens with zero attached hydrogens (tertiary/aromatic N) is 3. The third-order valence-corrected chi connectivity index (χ3v) is 4.26. The molecule has 0 spiro atoms. The van der Waals surface area contributed by atoms with Crippen LogP contribution in [0.3, 0.4) is 0 Å². The van der Waals surface area contributed by atoms with Crippen molar-refractivity contribution in [2.24, 2.45) is 0 Å². The summed E-state index contributed by atoms with van der Waals surface area (Å²) in [4.78, 5) is 8.89. The fourth-order valence-corrected chi connectivity index (χ4v) is 3.01. The largest absolute Gasteiger partial charge is 0.372 e. The van der Waals surface area contributed by atoms with Crippen LogP contribution in [0, 0.1) is 0 Å². The van der Waals surface area contributed by atoms with Gasteiger partial charge in [-0.25, -0.2) is 9.97 Å². The Hall–Kier alpha value is -2.85. The van der Waals surface area contributed by atoms with Crippen molar-refractivity contribution in [2.45, 2.75) is 0 Å². The monoisotopic (exact) mass is 334 g/mol. The number of fused-ring (bicyclic) bond motifs is 1. The van der Waals surface area contributed by atoms with Crippen molar-refractivity contribution in [3.05, 3.63) is 72.1 Å². The Labute approximate surface area is 144 Å². The zero-order chi connectivity index (χ0) is 16.5. The van der Waals surface area contributed by atoms with E-state index in [1.165, 1.54) is 0 Å². The SMILES string of the molecule is CNc1ncnc2c1c(-c1ccccc1)cn2-c1ccc(Cl)cc1. The van der Waals surface area contributed by atoms with E-state index in [2.05, 4.69) is 38.2 Å². The first kappa shape index (κ1) is 14.7. The molecule has 0 unspecified atom stereocenters. The number of hydrogen-bond acceptors (Lipinski definition) is 3. The Morgan fingerprint density at radius 2 is 1.71 bits per heavy atom. The summed E-state index contributed by atoms with van der Waals surface area (Å²) in [5.41, 5.74) is 4.08. The Kier molecular flexibility index (Phi) is 3.67. The molecule has 1 N–H and O–H groups in total. The van der Waals surface area contributed by atoms with E-state index < -0.39 is 0 Å². The molecular weight excluding hydrogens is 320 g/mol. The van der Waals surface area contributed by atoms with E-state index in [9.17, 15) is 0 Å². The number of halogens is 1. The van der Waals surface area contributed by atoms with Gasteiger partial charge in [0.2, 0.25) is 0 Å². The molecule has 0 aliphatic rings. The van der Waals surface area contributed by atoms with Crippen molar-refractivity contribution >= 4 is 28.5 Å². The normalized spacial score (nSPS) is 10.9. The van der Waals surface area contributed by atoms with Crippen LogP contribution in [0.25, 0.3) is 27.8 Å². The summed E-state index contributed by atoms with van der Waals surface area (Å²) in [5, 5.41) is 4.88. The fraction of sp³-hybridized carbons (Fsp3) is 0.0526. The topological polar surface area (TPSA) is 42.7 Å². The second-order valence-corrected chi connectivity index (χ2v) is 5.86. The van der Waals surface area contributed by atoms with Gasteiger partial charge in [-0.3, -0.25) is 0 Å². The zero-order valence-electron chi connectivity index (χ0n) is 13.1. The molecule has 118 valence electrons. The highest BCUT2D eigenvalue weighted by molar-refractivity contribution is 6.30. The summed E-state index contributed by atoms with van der Waals surface area (Å²) in [7, 11) is 1.87. The summed E-state index contributed by atoms with van der Waals surface area (Å²) >= 11 is 6.02. The van der Waals surface area contributed by atoms with Gasteiger partial charge in [-0.15, -0.1) is 0 Å². The predicted octanol–water partition coefficient (Wildman–Crippen LogP) is 4.78. The quantitative estimate of drug-likeness (QED) is 0.586. The third kappa shape index (κ3) is 2.41. The second-order valence-electron chi connectivity index (χ2n) is 5.43. The minimum Gasteiger partial charge on any atom is -0.372 e. The maximum absolute atomic E-state index is 6.02. The lowest BCUT2D eigenvalue weighted by atomic mass is 10.1. The molecule has 0 saturated heterocycles. The molecular formula is C19H15ClN4. The first-order chi connectivity index (χ1) is 11.8. The van der Waals surface area contributed by atoms with E-state index in [0.29, 0.717) is 5.02 Å². The molecule has 0 amide bonds. The van der Waals surface area contributed by atoms with E-state index in [4.69, 9.17) is 11.6 Å². The average Bonchev–Trinajstić information content (AvgIpc) is 3.03. The highest BCUT2D eigenvalue weighted by atomic mass is 35.5. The number of rotatable bonds is 3. The van der Waals surface area contributed by atoms with E-state index in [0.717, 1.165) is 33.7 Å². The zero-order valence-corrected chi connectivity index (χ0v) is 13.8. The molecule has 0 atom stereocenters. The molecule has 2 heterocycles. The van der Waals surface area contributed by atoms with Crippen LogP contribution >= 0.6 is 11.6 Å². The average molecular weight is 335 g/mol. The third-order valence-electron chi connectivity index (χ3n) is 4.01. The first-order valence-electron chi connectivity index (χ1n) is 7.63. The number of benzene rings is 2. The van der Waals surface area contributed by atoms with Crippen LogP contribution in [-0.2, 0) is 0 Å². The van der Waals surface area contributed by atoms with E-state index in [1.54, 1.807) is 6.33 Å². The summed E-state index contributed by atoms with van der Waals surface area (Å²) in [5.74, 6) is 0.812. The minimum absolute atomic E-state index is 0.712. The summed E-state index contributed by atoms with van der Waals surface area (Å²) in [6.45, 7) is 0. The Bertz CT molecular complexity index is 991. The van der Waals surface area contributed by atoms with Crippen LogP contribution in [0.15, 0.2) is 67.1 Å². The second kappa shape index (κ2) is 5.98. The molecule has 2 aromatic heterocycles. The molecule has 2 aromatic carbocycles. The van der Waals surface area contributed by atoms with E-state index in [-0.39, 0.29) is 0 Å². The predicted molar refractivity (Wildman–Crippen MR) is 98.9 cm³/mol. The van der Waals surface area contributed by atoms with Gasteiger partial charge < -0.3 is 9.88 Å². The lowest BCUT2D eigenvalue weighted by molar-refractivity contribution is 1.08. The lowest BCUT2D eigenvalue weighted by Gasteiger charge is -2.05. The van der Waals surface area contributed by atoms with Crippen molar-refractivity contribution in [3.8, 4) is 16.8 Å². The van der Waals surface area contributed by atoms with Crippen LogP contribution in [0.4, 0.5) is 5.82 Å². The van der Waals surface area contributed by atoms with Gasteiger partial charge in [-0.2, -0.15) is 0 Å². The van der Waals surface area contributed by atoms with Gasteiger partial charge in [-0.1, -0.05) is 41.9 Å². The van der Waals surface area contributed by atoms with Gasteiger partial charge in [0, 0.05) is 29.5 Å². The molecule has 0 fully saturated rings. The van der Waals surface area contributed by atoms with Crippen molar-refractivity contribution in [1.82, 2.24) is 14.5 Å². The Balaban J connectivity index is 2.04. The van der Waals surface area contributed by atoms with Gasteiger partial charge in [0.1, 0.15) is 12.1 Å². The van der Waals surface area contributed by atoms with Crippen LogP contribution in [0.2, 0.25) is 5.02 Å². The first-order valence-corrected chi connectivity index (χ1v) is 8.01. The highest BCUT2D eigenvalue weighted by Gasteiger charge is 2.16. The molecule has 0 aliphatic carbocycles. The number of nitrogens with one attached hydrogen (secondary N) is 1. The standard InChI is InChI=1S/C19H15ClN4/c1-21-18-17-16(13-5-3-2-4-6-13)11-24(19(17)23-12-22-18)15-9-7-14(20)8-10-15/h2-12H,1H3,(H,21,22,23). The summed E-state index contributed by atoms with van der Waals surface area (Å²) in [6, 6.07) is 18.0. The molecule has 4 nitrogen and oxygen atoms in total. The minimum atomic E-state index is 0.712. The van der Waals surface area contributed by atoms with Crippen molar-refractivity contribution < 1.29 is 0 Å². The summed E-state index contributed by atoms with van der Waals surface area (Å²) in [6.07, 6.45) is 3.67. The Morgan fingerprint density at radius 1 is 0.958 bits per heavy atom. The maximum Gasteiger partial charge on any atom is 0.150 e. The number of aromatic nitrogens is 3. The molecule has 0 radical (unpaired) electrons. The van der Waals surface area contributed by atoms with Crippen LogP contribution in [0.5, 0.6) is 0 Å². The molecule has 4 rings (SSSR count). The maximum atomic E-state index is 6.02. The number of hydrogen-bond donors (Lipinski definition) is 1. The fourth-order valence-electron chi connectivity index (χ4n) is 2.89. The van der Waals surface area contributed by atoms with Gasteiger partial charge in [0.25, 0.3) is 0 Å². The van der Waals surface area contributed by atoms with Crippen molar-refractivity contribution in [1.29, 1.82) is 0 Å². The smallest absolute Gasteiger partial charge is 0.150 e. The van der Waals surface area contributed by atoms with Crippen LogP contribution < -0.4 is 5.32 Å². The van der Waals surface area contributed by atoms with Crippen LogP contribution in [-0.4, -0.2) is 21.6 Å². The van der Waals surface area contributed by atoms with Gasteiger partial charge in [0.05, 0.1) is 5.39 Å². The highest BCUT2D eigenvalue weighted by Crippen LogP contribution is 2.35. The molecule has 0 aliphatic heterocycles. The van der Waals surface area contributed by atoms with Crippen molar-refractivity contribution in [3.63, 3.8) is 0 Å². The summed E-state index contributed by atoms with van der Waals surface area (Å²) < 4.78 is 2.07. The van der Waals surface area contributed by atoms with E-state index in [1.807, 2.05) is 49.5 Å². The molecule has 24 heavy (non-hydrogen) atoms. The lowest BCUT2D eigenvalue weighted by Crippen LogP contribution is -1.97. The molecule has 0 saturated carbocycles. The van der Waals surface area contributed by atoms with Crippen LogP contribution in [0.1, 0.15) is 0 Å². The molecule has 5 heteroatoms.